The van der Waals surface area contributed by atoms with Gasteiger partial charge in [-0.1, -0.05) is 51.6 Å². The van der Waals surface area contributed by atoms with Gasteiger partial charge in [0.1, 0.15) is 47.2 Å². The SMILES string of the molecule is CCCCOC[C@H]1O[C@@H](c2occ3c(Cl)ncnc23)[C@](C)(OCCCC)[C@@H]1OCCCC. The zero-order valence-corrected chi connectivity index (χ0v) is 20.5. The molecule has 2 aromatic heterocycles. The Balaban J connectivity index is 1.93. The number of halogens is 1. The van der Waals surface area contributed by atoms with Gasteiger partial charge in [0, 0.05) is 19.8 Å². The first-order valence-electron chi connectivity index (χ1n) is 11.9. The van der Waals surface area contributed by atoms with Gasteiger partial charge >= 0.3 is 0 Å². The zero-order valence-electron chi connectivity index (χ0n) is 19.8. The lowest BCUT2D eigenvalue weighted by atomic mass is 9.90. The molecule has 4 atom stereocenters. The Bertz CT molecular complexity index is 832. The van der Waals surface area contributed by atoms with E-state index in [0.29, 0.717) is 48.2 Å². The molecule has 0 unspecified atom stereocenters. The summed E-state index contributed by atoms with van der Waals surface area (Å²) >= 11 is 6.26. The molecule has 1 fully saturated rings. The van der Waals surface area contributed by atoms with Crippen molar-refractivity contribution in [2.24, 2.45) is 0 Å². The van der Waals surface area contributed by atoms with Gasteiger partial charge in [-0.25, -0.2) is 9.97 Å². The molecule has 8 heteroatoms. The van der Waals surface area contributed by atoms with E-state index in [4.69, 9.17) is 35.0 Å². The van der Waals surface area contributed by atoms with Gasteiger partial charge in [0.25, 0.3) is 0 Å². The first kappa shape index (κ1) is 25.4. The van der Waals surface area contributed by atoms with Crippen LogP contribution in [-0.4, -0.2) is 54.2 Å². The van der Waals surface area contributed by atoms with Crippen LogP contribution in [0.25, 0.3) is 10.9 Å². The van der Waals surface area contributed by atoms with E-state index >= 15 is 0 Å². The Kier molecular flexibility index (Phi) is 9.74. The lowest BCUT2D eigenvalue weighted by molar-refractivity contribution is -0.139. The first-order valence-corrected chi connectivity index (χ1v) is 12.3. The maximum Gasteiger partial charge on any atom is 0.162 e. The van der Waals surface area contributed by atoms with Crippen molar-refractivity contribution in [2.75, 3.05) is 26.4 Å². The van der Waals surface area contributed by atoms with Gasteiger partial charge < -0.3 is 23.4 Å². The Labute approximate surface area is 196 Å². The van der Waals surface area contributed by atoms with Crippen molar-refractivity contribution in [1.29, 1.82) is 0 Å². The highest BCUT2D eigenvalue weighted by Crippen LogP contribution is 2.48. The smallest absolute Gasteiger partial charge is 0.162 e. The molecule has 7 nitrogen and oxygen atoms in total. The van der Waals surface area contributed by atoms with Gasteiger partial charge in [0.05, 0.1) is 12.0 Å². The number of unbranched alkanes of at least 4 members (excludes halogenated alkanes) is 3. The summed E-state index contributed by atoms with van der Waals surface area (Å²) in [6.07, 6.45) is 8.06. The van der Waals surface area contributed by atoms with Gasteiger partial charge in [0.15, 0.2) is 5.76 Å². The van der Waals surface area contributed by atoms with Gasteiger partial charge in [-0.05, 0) is 26.2 Å². The van der Waals surface area contributed by atoms with Crippen LogP contribution in [0.1, 0.15) is 78.1 Å². The monoisotopic (exact) mass is 468 g/mol. The second-order valence-corrected chi connectivity index (χ2v) is 8.90. The number of fused-ring (bicyclic) bond motifs is 1. The predicted molar refractivity (Wildman–Crippen MR) is 124 cm³/mol. The number of ether oxygens (including phenoxy) is 4. The predicted octanol–water partition coefficient (Wildman–Crippen LogP) is 5.89. The molecule has 0 amide bonds. The van der Waals surface area contributed by atoms with Crippen LogP contribution in [-0.2, 0) is 18.9 Å². The highest BCUT2D eigenvalue weighted by atomic mass is 35.5. The Hall–Kier alpha value is -1.25. The van der Waals surface area contributed by atoms with Gasteiger partial charge in [0.2, 0.25) is 0 Å². The van der Waals surface area contributed by atoms with E-state index in [1.54, 1.807) is 6.26 Å². The molecule has 0 aromatic carbocycles. The van der Waals surface area contributed by atoms with Crippen molar-refractivity contribution in [3.05, 3.63) is 23.5 Å². The van der Waals surface area contributed by atoms with Crippen LogP contribution in [0.4, 0.5) is 0 Å². The fraction of sp³-hybridized carbons (Fsp3) is 0.750. The molecular weight excluding hydrogens is 432 g/mol. The minimum Gasteiger partial charge on any atom is -0.463 e. The van der Waals surface area contributed by atoms with E-state index in [2.05, 4.69) is 30.7 Å². The molecule has 0 bridgehead atoms. The molecule has 0 spiro atoms. The van der Waals surface area contributed by atoms with E-state index in [9.17, 15) is 0 Å². The van der Waals surface area contributed by atoms with Crippen LogP contribution in [0.3, 0.4) is 0 Å². The number of hydrogen-bond donors (Lipinski definition) is 0. The molecule has 180 valence electrons. The fourth-order valence-electron chi connectivity index (χ4n) is 4.05. The van der Waals surface area contributed by atoms with Crippen molar-refractivity contribution in [1.82, 2.24) is 9.97 Å². The maximum atomic E-state index is 6.55. The number of hydrogen-bond acceptors (Lipinski definition) is 7. The van der Waals surface area contributed by atoms with Gasteiger partial charge in [-0.15, -0.1) is 0 Å². The van der Waals surface area contributed by atoms with E-state index in [-0.39, 0.29) is 12.2 Å². The molecule has 1 aliphatic heterocycles. The highest BCUT2D eigenvalue weighted by Gasteiger charge is 2.57. The van der Waals surface area contributed by atoms with Crippen LogP contribution in [0.15, 0.2) is 17.0 Å². The normalized spacial score (nSPS) is 25.7. The maximum absolute atomic E-state index is 6.55. The van der Waals surface area contributed by atoms with E-state index in [1.807, 2.05) is 6.92 Å². The summed E-state index contributed by atoms with van der Waals surface area (Å²) in [5, 5.41) is 1.02. The van der Waals surface area contributed by atoms with E-state index in [1.165, 1.54) is 6.33 Å². The summed E-state index contributed by atoms with van der Waals surface area (Å²) in [6.45, 7) is 10.9. The summed E-state index contributed by atoms with van der Waals surface area (Å²) in [5.41, 5.74) is -0.121. The summed E-state index contributed by atoms with van der Waals surface area (Å²) in [4.78, 5) is 8.48. The largest absolute Gasteiger partial charge is 0.463 e. The van der Waals surface area contributed by atoms with Crippen LogP contribution in [0.5, 0.6) is 0 Å². The van der Waals surface area contributed by atoms with Crippen LogP contribution in [0.2, 0.25) is 5.15 Å². The number of rotatable bonds is 14. The van der Waals surface area contributed by atoms with Gasteiger partial charge in [-0.3, -0.25) is 0 Å². The third-order valence-corrected chi connectivity index (χ3v) is 6.28. The third-order valence-electron chi connectivity index (χ3n) is 5.98. The average molecular weight is 469 g/mol. The molecule has 3 heterocycles. The van der Waals surface area contributed by atoms with Crippen molar-refractivity contribution in [3.63, 3.8) is 0 Å². The molecule has 1 aliphatic rings. The highest BCUT2D eigenvalue weighted by molar-refractivity contribution is 6.34. The molecule has 2 aromatic rings. The Morgan fingerprint density at radius 3 is 2.50 bits per heavy atom. The van der Waals surface area contributed by atoms with E-state index in [0.717, 1.165) is 38.5 Å². The van der Waals surface area contributed by atoms with Crippen LogP contribution < -0.4 is 0 Å². The number of furan rings is 1. The first-order chi connectivity index (χ1) is 15.6. The third kappa shape index (κ3) is 5.62. The van der Waals surface area contributed by atoms with Crippen molar-refractivity contribution in [3.8, 4) is 0 Å². The second-order valence-electron chi connectivity index (χ2n) is 8.54. The number of nitrogens with zero attached hydrogens (tertiary/aromatic N) is 2. The molecular formula is C24H37ClN2O5. The lowest BCUT2D eigenvalue weighted by Crippen LogP contribution is -2.48. The fourth-order valence-corrected chi connectivity index (χ4v) is 4.23. The molecule has 0 aliphatic carbocycles. The summed E-state index contributed by atoms with van der Waals surface area (Å²) in [7, 11) is 0. The van der Waals surface area contributed by atoms with Crippen LogP contribution >= 0.6 is 11.6 Å². The molecule has 0 N–H and O–H groups in total. The quantitative estimate of drug-likeness (QED) is 0.252. The molecule has 1 saturated heterocycles. The van der Waals surface area contributed by atoms with Gasteiger partial charge in [-0.2, -0.15) is 0 Å². The Morgan fingerprint density at radius 2 is 1.75 bits per heavy atom. The molecule has 0 saturated carbocycles. The second kappa shape index (κ2) is 12.3. The van der Waals surface area contributed by atoms with E-state index < -0.39 is 11.7 Å². The summed E-state index contributed by atoms with van der Waals surface area (Å²) in [6, 6.07) is 0. The van der Waals surface area contributed by atoms with Crippen molar-refractivity contribution < 1.29 is 23.4 Å². The standard InChI is InChI=1S/C24H37ClN2O5/c1-5-8-11-28-15-18-21(29-12-9-6-2)24(4,31-13-10-7-3)22(32-18)20-19-17(14-30-20)23(25)27-16-26-19/h14,16,18,21-22H,5-13,15H2,1-4H3/t18-,21-,22+,24-/m1/s1. The minimum atomic E-state index is -0.760. The summed E-state index contributed by atoms with van der Waals surface area (Å²) < 4.78 is 31.4. The average Bonchev–Trinajstić information content (AvgIpc) is 3.32. The lowest BCUT2D eigenvalue weighted by Gasteiger charge is -2.34. The van der Waals surface area contributed by atoms with Crippen molar-refractivity contribution in [2.45, 2.75) is 90.1 Å². The molecule has 32 heavy (non-hydrogen) atoms. The summed E-state index contributed by atoms with van der Waals surface area (Å²) in [5.74, 6) is 0.587. The zero-order chi connectivity index (χ0) is 23.0. The molecule has 3 rings (SSSR count). The van der Waals surface area contributed by atoms with Crippen LogP contribution in [0, 0.1) is 0 Å². The van der Waals surface area contributed by atoms with Crippen molar-refractivity contribution >= 4 is 22.5 Å². The number of aromatic nitrogens is 2. The molecule has 0 radical (unpaired) electrons. The topological polar surface area (TPSA) is 75.8 Å². The Morgan fingerprint density at radius 1 is 1.03 bits per heavy atom. The minimum absolute atomic E-state index is 0.280.